The number of hydrogen-bond donors (Lipinski definition) is 2. The molecule has 2 aliphatic carbocycles. The summed E-state index contributed by atoms with van der Waals surface area (Å²) >= 11 is 0. The van der Waals surface area contributed by atoms with Gasteiger partial charge in [0, 0.05) is 22.8 Å². The summed E-state index contributed by atoms with van der Waals surface area (Å²) in [6.07, 6.45) is 16.3. The minimum atomic E-state index is 0.267. The predicted molar refractivity (Wildman–Crippen MR) is 142 cm³/mol. The molecule has 0 saturated heterocycles. The molecule has 174 valence electrons. The SMILES string of the molecule is CC(C)C1(C(C)C)C=CC(Nc2ccc(NC3=CCC(C(C)C)(C(C)C)C=C3)cc2)=CC1. The highest BCUT2D eigenvalue weighted by Crippen LogP contribution is 2.45. The molecule has 0 unspecified atom stereocenters. The van der Waals surface area contributed by atoms with Crippen LogP contribution in [0.15, 0.2) is 72.1 Å². The Morgan fingerprint density at radius 3 is 1.09 bits per heavy atom. The van der Waals surface area contributed by atoms with Crippen molar-refractivity contribution in [3.63, 3.8) is 0 Å². The summed E-state index contributed by atoms with van der Waals surface area (Å²) in [7, 11) is 0. The third-order valence-corrected chi connectivity index (χ3v) is 8.26. The second-order valence-electron chi connectivity index (χ2n) is 11.1. The van der Waals surface area contributed by atoms with E-state index in [0.717, 1.165) is 24.2 Å². The fourth-order valence-corrected chi connectivity index (χ4v) is 5.54. The van der Waals surface area contributed by atoms with Gasteiger partial charge in [-0.3, -0.25) is 0 Å². The van der Waals surface area contributed by atoms with E-state index in [1.165, 1.54) is 11.4 Å². The fraction of sp³-hybridized carbons (Fsp3) is 0.533. The lowest BCUT2D eigenvalue weighted by molar-refractivity contribution is 0.180. The molecule has 1 aromatic carbocycles. The van der Waals surface area contributed by atoms with Gasteiger partial charge < -0.3 is 10.6 Å². The molecular formula is C30H44N2. The maximum Gasteiger partial charge on any atom is 0.0385 e. The Morgan fingerprint density at radius 1 is 0.562 bits per heavy atom. The summed E-state index contributed by atoms with van der Waals surface area (Å²) in [5, 5.41) is 7.16. The highest BCUT2D eigenvalue weighted by atomic mass is 14.9. The summed E-state index contributed by atoms with van der Waals surface area (Å²) in [4.78, 5) is 0. The molecule has 0 bridgehead atoms. The largest absolute Gasteiger partial charge is 0.356 e. The average molecular weight is 433 g/mol. The van der Waals surface area contributed by atoms with E-state index in [1.54, 1.807) is 0 Å². The van der Waals surface area contributed by atoms with Crippen LogP contribution < -0.4 is 10.6 Å². The van der Waals surface area contributed by atoms with E-state index >= 15 is 0 Å². The molecule has 2 heteroatoms. The maximum atomic E-state index is 3.58. The van der Waals surface area contributed by atoms with Crippen LogP contribution in [0.3, 0.4) is 0 Å². The van der Waals surface area contributed by atoms with Crippen LogP contribution in [0, 0.1) is 34.5 Å². The summed E-state index contributed by atoms with van der Waals surface area (Å²) in [6.45, 7) is 18.7. The molecule has 0 heterocycles. The summed E-state index contributed by atoms with van der Waals surface area (Å²) in [5.41, 5.74) is 5.17. The minimum Gasteiger partial charge on any atom is -0.356 e. The average Bonchev–Trinajstić information content (AvgIpc) is 2.75. The van der Waals surface area contributed by atoms with Gasteiger partial charge in [0.25, 0.3) is 0 Å². The van der Waals surface area contributed by atoms with E-state index < -0.39 is 0 Å². The third kappa shape index (κ3) is 4.90. The lowest BCUT2D eigenvalue weighted by atomic mass is 9.65. The van der Waals surface area contributed by atoms with E-state index in [1.807, 2.05) is 0 Å². The van der Waals surface area contributed by atoms with Gasteiger partial charge in [-0.15, -0.1) is 0 Å². The molecule has 0 spiro atoms. The van der Waals surface area contributed by atoms with E-state index in [4.69, 9.17) is 0 Å². The van der Waals surface area contributed by atoms with Crippen molar-refractivity contribution in [3.8, 4) is 0 Å². The Hall–Kier alpha value is -2.22. The number of benzene rings is 1. The second kappa shape index (κ2) is 9.73. The van der Waals surface area contributed by atoms with Crippen molar-refractivity contribution in [1.82, 2.24) is 0 Å². The molecule has 1 aromatic rings. The van der Waals surface area contributed by atoms with Crippen molar-refractivity contribution in [3.05, 3.63) is 72.1 Å². The molecule has 0 aliphatic heterocycles. The van der Waals surface area contributed by atoms with Gasteiger partial charge in [0.05, 0.1) is 0 Å². The molecule has 2 N–H and O–H groups in total. The van der Waals surface area contributed by atoms with Crippen LogP contribution in [0.4, 0.5) is 11.4 Å². The van der Waals surface area contributed by atoms with Gasteiger partial charge in [0.1, 0.15) is 0 Å². The topological polar surface area (TPSA) is 24.1 Å². The summed E-state index contributed by atoms with van der Waals surface area (Å²) in [6, 6.07) is 8.62. The predicted octanol–water partition coefficient (Wildman–Crippen LogP) is 8.79. The first-order valence-corrected chi connectivity index (χ1v) is 12.5. The normalized spacial score (nSPS) is 19.5. The van der Waals surface area contributed by atoms with Crippen LogP contribution in [-0.2, 0) is 0 Å². The Balaban J connectivity index is 1.60. The van der Waals surface area contributed by atoms with E-state index in [-0.39, 0.29) is 10.8 Å². The van der Waals surface area contributed by atoms with Gasteiger partial charge in [-0.25, -0.2) is 0 Å². The van der Waals surface area contributed by atoms with Crippen LogP contribution in [-0.4, -0.2) is 0 Å². The number of anilines is 2. The molecule has 0 aromatic heterocycles. The van der Waals surface area contributed by atoms with Crippen LogP contribution in [0.1, 0.15) is 68.2 Å². The van der Waals surface area contributed by atoms with Crippen molar-refractivity contribution in [2.24, 2.45) is 34.5 Å². The molecule has 0 fully saturated rings. The molecule has 0 saturated carbocycles. The second-order valence-corrected chi connectivity index (χ2v) is 11.1. The third-order valence-electron chi connectivity index (χ3n) is 8.26. The molecule has 2 nitrogen and oxygen atoms in total. The van der Waals surface area contributed by atoms with Crippen LogP contribution in [0.2, 0.25) is 0 Å². The molecule has 0 atom stereocenters. The number of hydrogen-bond acceptors (Lipinski definition) is 2. The van der Waals surface area contributed by atoms with Crippen LogP contribution in [0.25, 0.3) is 0 Å². The highest BCUT2D eigenvalue weighted by molar-refractivity contribution is 5.60. The van der Waals surface area contributed by atoms with E-state index in [9.17, 15) is 0 Å². The Labute approximate surface area is 197 Å². The quantitative estimate of drug-likeness (QED) is 0.429. The van der Waals surface area contributed by atoms with Gasteiger partial charge in [-0.2, -0.15) is 0 Å². The van der Waals surface area contributed by atoms with Crippen molar-refractivity contribution in [2.75, 3.05) is 10.6 Å². The Bertz CT molecular complexity index is 800. The fourth-order valence-electron chi connectivity index (χ4n) is 5.54. The lowest BCUT2D eigenvalue weighted by Crippen LogP contribution is -2.32. The van der Waals surface area contributed by atoms with Gasteiger partial charge >= 0.3 is 0 Å². The zero-order chi connectivity index (χ0) is 23.5. The maximum absolute atomic E-state index is 3.58. The first-order chi connectivity index (χ1) is 15.1. The molecular weight excluding hydrogens is 388 g/mol. The Kier molecular flexibility index (Phi) is 7.43. The van der Waals surface area contributed by atoms with Crippen molar-refractivity contribution < 1.29 is 0 Å². The molecule has 32 heavy (non-hydrogen) atoms. The molecule has 0 amide bonds. The molecule has 0 radical (unpaired) electrons. The molecule has 3 rings (SSSR count). The first-order valence-electron chi connectivity index (χ1n) is 12.5. The van der Waals surface area contributed by atoms with E-state index in [0.29, 0.717) is 23.7 Å². The van der Waals surface area contributed by atoms with Crippen LogP contribution >= 0.6 is 0 Å². The van der Waals surface area contributed by atoms with Crippen molar-refractivity contribution in [2.45, 2.75) is 68.2 Å². The summed E-state index contributed by atoms with van der Waals surface area (Å²) < 4.78 is 0. The first kappa shape index (κ1) is 24.4. The van der Waals surface area contributed by atoms with E-state index in [2.05, 4.69) is 127 Å². The van der Waals surface area contributed by atoms with Gasteiger partial charge in [-0.1, -0.05) is 79.7 Å². The van der Waals surface area contributed by atoms with Crippen LogP contribution in [0.5, 0.6) is 0 Å². The Morgan fingerprint density at radius 2 is 0.875 bits per heavy atom. The minimum absolute atomic E-state index is 0.267. The van der Waals surface area contributed by atoms with Gasteiger partial charge in [0.15, 0.2) is 0 Å². The van der Waals surface area contributed by atoms with Crippen molar-refractivity contribution >= 4 is 11.4 Å². The van der Waals surface area contributed by atoms with Gasteiger partial charge in [0.2, 0.25) is 0 Å². The number of nitrogens with one attached hydrogen (secondary N) is 2. The molecule has 2 aliphatic rings. The zero-order valence-electron chi connectivity index (χ0n) is 21.5. The number of allylic oxidation sites excluding steroid dienone is 6. The van der Waals surface area contributed by atoms with Crippen molar-refractivity contribution in [1.29, 1.82) is 0 Å². The lowest BCUT2D eigenvalue weighted by Gasteiger charge is -2.40. The smallest absolute Gasteiger partial charge is 0.0385 e. The zero-order valence-corrected chi connectivity index (χ0v) is 21.5. The number of rotatable bonds is 8. The highest BCUT2D eigenvalue weighted by Gasteiger charge is 2.36. The monoisotopic (exact) mass is 432 g/mol. The van der Waals surface area contributed by atoms with Gasteiger partial charge in [-0.05, 0) is 83.8 Å². The summed E-state index contributed by atoms with van der Waals surface area (Å²) in [5.74, 6) is 2.54. The standard InChI is InChI=1S/C30H44N2/c1-21(2)29(22(3)4)17-13-27(14-18-29)31-25-9-11-26(12-10-25)32-28-15-19-30(20-16-28,23(5)6)24(7)8/h9-17,19,21-24,31-32H,18,20H2,1-8H3.